The molecular formula is C10H8BrClN4O2. The fourth-order valence-electron chi connectivity index (χ4n) is 1.51. The summed E-state index contributed by atoms with van der Waals surface area (Å²) in [6.45, 7) is 0.218. The lowest BCUT2D eigenvalue weighted by molar-refractivity contribution is -0.385. The van der Waals surface area contributed by atoms with Crippen LogP contribution in [0.25, 0.3) is 0 Å². The quantitative estimate of drug-likeness (QED) is 0.490. The molecule has 0 spiro atoms. The molecule has 0 aliphatic carbocycles. The van der Waals surface area contributed by atoms with Gasteiger partial charge in [-0.2, -0.15) is 0 Å². The third-order valence-electron chi connectivity index (χ3n) is 2.33. The predicted octanol–water partition coefficient (Wildman–Crippen LogP) is 2.78. The van der Waals surface area contributed by atoms with E-state index in [1.165, 1.54) is 10.7 Å². The number of benzene rings is 1. The molecule has 2 aromatic rings. The third kappa shape index (κ3) is 2.68. The highest BCUT2D eigenvalue weighted by atomic mass is 79.9. The number of hydrogen-bond donors (Lipinski definition) is 0. The smallest absolute Gasteiger partial charge is 0.258 e. The van der Waals surface area contributed by atoms with Crippen LogP contribution in [0.4, 0.5) is 5.69 Å². The molecule has 0 N–H and O–H groups in total. The maximum atomic E-state index is 10.9. The lowest BCUT2D eigenvalue weighted by Gasteiger charge is -2.04. The van der Waals surface area contributed by atoms with Crippen LogP contribution in [0.3, 0.4) is 0 Å². The monoisotopic (exact) mass is 330 g/mol. The summed E-state index contributed by atoms with van der Waals surface area (Å²) in [6.07, 6.45) is 1.71. The summed E-state index contributed by atoms with van der Waals surface area (Å²) in [5.74, 6) is 0. The van der Waals surface area contributed by atoms with Crippen molar-refractivity contribution in [3.8, 4) is 0 Å². The van der Waals surface area contributed by atoms with Crippen molar-refractivity contribution in [3.05, 3.63) is 50.8 Å². The van der Waals surface area contributed by atoms with Crippen molar-refractivity contribution >= 4 is 33.2 Å². The van der Waals surface area contributed by atoms with Gasteiger partial charge in [-0.05, 0) is 6.07 Å². The Hall–Kier alpha value is -1.47. The first kappa shape index (κ1) is 13.0. The lowest BCUT2D eigenvalue weighted by atomic mass is 10.2. The van der Waals surface area contributed by atoms with Gasteiger partial charge in [0.1, 0.15) is 0 Å². The van der Waals surface area contributed by atoms with E-state index in [2.05, 4.69) is 26.2 Å². The SMILES string of the molecule is O=[N+]([O-])c1cccc(Cl)c1Cn1cc(CBr)nn1. The minimum absolute atomic E-state index is 0.0154. The van der Waals surface area contributed by atoms with Crippen LogP contribution < -0.4 is 0 Å². The second-order valence-corrected chi connectivity index (χ2v) is 4.50. The fourth-order valence-corrected chi connectivity index (χ4v) is 2.00. The van der Waals surface area contributed by atoms with Gasteiger partial charge in [0.05, 0.1) is 27.7 Å². The lowest BCUT2D eigenvalue weighted by Crippen LogP contribution is -2.04. The van der Waals surface area contributed by atoms with Crippen molar-refractivity contribution in [1.82, 2.24) is 15.0 Å². The zero-order chi connectivity index (χ0) is 13.1. The Kier molecular flexibility index (Phi) is 3.93. The van der Waals surface area contributed by atoms with Crippen LogP contribution in [-0.4, -0.2) is 19.9 Å². The molecule has 0 fully saturated rings. The Morgan fingerprint density at radius 3 is 2.89 bits per heavy atom. The maximum Gasteiger partial charge on any atom is 0.275 e. The number of nitro benzene ring substituents is 1. The molecule has 0 aliphatic heterocycles. The Bertz CT molecular complexity index is 587. The van der Waals surface area contributed by atoms with Crippen molar-refractivity contribution in [2.45, 2.75) is 11.9 Å². The number of halogens is 2. The van der Waals surface area contributed by atoms with Gasteiger partial charge in [0.25, 0.3) is 5.69 Å². The number of alkyl halides is 1. The molecule has 0 amide bonds. The molecule has 1 heterocycles. The first-order chi connectivity index (χ1) is 8.61. The van der Waals surface area contributed by atoms with Gasteiger partial charge < -0.3 is 0 Å². The molecule has 0 aliphatic rings. The van der Waals surface area contributed by atoms with E-state index in [4.69, 9.17) is 11.6 Å². The molecule has 0 radical (unpaired) electrons. The van der Waals surface area contributed by atoms with Gasteiger partial charge in [0.15, 0.2) is 0 Å². The van der Waals surface area contributed by atoms with Crippen molar-refractivity contribution in [2.24, 2.45) is 0 Å². The summed E-state index contributed by atoms with van der Waals surface area (Å²) >= 11 is 9.25. The zero-order valence-corrected chi connectivity index (χ0v) is 11.4. The van der Waals surface area contributed by atoms with Crippen LogP contribution in [0.1, 0.15) is 11.3 Å². The molecule has 0 unspecified atom stereocenters. The van der Waals surface area contributed by atoms with E-state index in [0.29, 0.717) is 15.9 Å². The van der Waals surface area contributed by atoms with E-state index in [0.717, 1.165) is 5.69 Å². The van der Waals surface area contributed by atoms with Gasteiger partial charge >= 0.3 is 0 Å². The highest BCUT2D eigenvalue weighted by Gasteiger charge is 2.17. The molecule has 6 nitrogen and oxygen atoms in total. The standard InChI is InChI=1S/C10H8BrClN4O2/c11-4-7-5-15(14-13-7)6-8-9(12)2-1-3-10(8)16(17)18/h1-3,5H,4,6H2. The van der Waals surface area contributed by atoms with Crippen LogP contribution in [-0.2, 0) is 11.9 Å². The normalized spacial score (nSPS) is 10.6. The van der Waals surface area contributed by atoms with Crippen molar-refractivity contribution in [3.63, 3.8) is 0 Å². The van der Waals surface area contributed by atoms with Crippen molar-refractivity contribution < 1.29 is 4.92 Å². The minimum atomic E-state index is -0.455. The predicted molar refractivity (Wildman–Crippen MR) is 69.9 cm³/mol. The van der Waals surface area contributed by atoms with Crippen molar-refractivity contribution in [2.75, 3.05) is 0 Å². The molecule has 0 saturated heterocycles. The van der Waals surface area contributed by atoms with E-state index in [-0.39, 0.29) is 12.2 Å². The summed E-state index contributed by atoms with van der Waals surface area (Å²) < 4.78 is 1.52. The van der Waals surface area contributed by atoms with Gasteiger partial charge in [-0.1, -0.05) is 38.8 Å². The molecule has 0 bridgehead atoms. The van der Waals surface area contributed by atoms with E-state index < -0.39 is 4.92 Å². The van der Waals surface area contributed by atoms with Gasteiger partial charge in [-0.3, -0.25) is 10.1 Å². The topological polar surface area (TPSA) is 73.8 Å². The van der Waals surface area contributed by atoms with E-state index in [1.807, 2.05) is 0 Å². The average molecular weight is 332 g/mol. The fraction of sp³-hybridized carbons (Fsp3) is 0.200. The number of hydrogen-bond acceptors (Lipinski definition) is 4. The highest BCUT2D eigenvalue weighted by molar-refractivity contribution is 9.08. The zero-order valence-electron chi connectivity index (χ0n) is 9.08. The first-order valence-corrected chi connectivity index (χ1v) is 6.48. The Labute approximate surface area is 116 Å². The van der Waals surface area contributed by atoms with Gasteiger partial charge in [0, 0.05) is 17.6 Å². The Morgan fingerprint density at radius 1 is 1.50 bits per heavy atom. The molecular weight excluding hydrogens is 323 g/mol. The largest absolute Gasteiger partial charge is 0.275 e. The van der Waals surface area contributed by atoms with Gasteiger partial charge in [0.2, 0.25) is 0 Å². The molecule has 18 heavy (non-hydrogen) atoms. The van der Waals surface area contributed by atoms with E-state index in [9.17, 15) is 10.1 Å². The van der Waals surface area contributed by atoms with Crippen LogP contribution in [0, 0.1) is 10.1 Å². The summed E-state index contributed by atoms with van der Waals surface area (Å²) in [6, 6.07) is 4.59. The number of nitro groups is 1. The molecule has 0 atom stereocenters. The Morgan fingerprint density at radius 2 is 2.28 bits per heavy atom. The van der Waals surface area contributed by atoms with Gasteiger partial charge in [-0.25, -0.2) is 4.68 Å². The molecule has 1 aromatic heterocycles. The van der Waals surface area contributed by atoms with Crippen molar-refractivity contribution in [1.29, 1.82) is 0 Å². The average Bonchev–Trinajstić information content (AvgIpc) is 2.79. The minimum Gasteiger partial charge on any atom is -0.258 e. The second kappa shape index (κ2) is 5.45. The van der Waals surface area contributed by atoms with E-state index in [1.54, 1.807) is 18.3 Å². The van der Waals surface area contributed by atoms with Gasteiger partial charge in [-0.15, -0.1) is 5.10 Å². The van der Waals surface area contributed by atoms with Crippen LogP contribution in [0.15, 0.2) is 24.4 Å². The molecule has 2 rings (SSSR count). The third-order valence-corrected chi connectivity index (χ3v) is 3.26. The van der Waals surface area contributed by atoms with Crippen LogP contribution in [0.2, 0.25) is 5.02 Å². The number of aromatic nitrogens is 3. The molecule has 0 saturated carbocycles. The van der Waals surface area contributed by atoms with Crippen LogP contribution in [0.5, 0.6) is 0 Å². The summed E-state index contributed by atoms with van der Waals surface area (Å²) in [7, 11) is 0. The molecule has 94 valence electrons. The summed E-state index contributed by atoms with van der Waals surface area (Å²) in [5, 5.41) is 19.6. The number of rotatable bonds is 4. The van der Waals surface area contributed by atoms with Crippen LogP contribution >= 0.6 is 27.5 Å². The first-order valence-electron chi connectivity index (χ1n) is 4.98. The summed E-state index contributed by atoms with van der Waals surface area (Å²) in [5.41, 5.74) is 1.17. The number of nitrogens with zero attached hydrogens (tertiary/aromatic N) is 4. The summed E-state index contributed by atoms with van der Waals surface area (Å²) in [4.78, 5) is 10.5. The second-order valence-electron chi connectivity index (χ2n) is 3.54. The maximum absolute atomic E-state index is 10.9. The highest BCUT2D eigenvalue weighted by Crippen LogP contribution is 2.26. The molecule has 1 aromatic carbocycles. The Balaban J connectivity index is 2.36. The van der Waals surface area contributed by atoms with E-state index >= 15 is 0 Å². The molecule has 8 heteroatoms.